The molecule has 0 aliphatic carbocycles. The third-order valence-electron chi connectivity index (χ3n) is 5.47. The molecule has 9 nitrogen and oxygen atoms in total. The van der Waals surface area contributed by atoms with Gasteiger partial charge in [-0.3, -0.25) is 9.10 Å². The van der Waals surface area contributed by atoms with Crippen LogP contribution in [0.25, 0.3) is 5.57 Å². The maximum Gasteiger partial charge on any atom is 0.270 e. The van der Waals surface area contributed by atoms with Crippen molar-refractivity contribution in [1.29, 1.82) is 0 Å². The van der Waals surface area contributed by atoms with Crippen molar-refractivity contribution in [2.75, 3.05) is 39.3 Å². The summed E-state index contributed by atoms with van der Waals surface area (Å²) >= 11 is 0. The number of hydrogen-bond donors (Lipinski definition) is 1. The van der Waals surface area contributed by atoms with E-state index in [1.807, 2.05) is 0 Å². The van der Waals surface area contributed by atoms with Crippen LogP contribution in [0.2, 0.25) is 0 Å². The van der Waals surface area contributed by atoms with E-state index >= 15 is 0 Å². The molecule has 0 unspecified atom stereocenters. The highest BCUT2D eigenvalue weighted by Gasteiger charge is 2.39. The van der Waals surface area contributed by atoms with E-state index < -0.39 is 15.9 Å². The molecular weight excluding hydrogens is 460 g/mol. The Balaban J connectivity index is 2.04. The fourth-order valence-corrected chi connectivity index (χ4v) is 5.52. The molecule has 10 heteroatoms. The topological polar surface area (TPSA) is 103 Å². The molecule has 0 spiro atoms. The van der Waals surface area contributed by atoms with Gasteiger partial charge in [0.1, 0.15) is 0 Å². The lowest BCUT2D eigenvalue weighted by Gasteiger charge is -2.32. The predicted molar refractivity (Wildman–Crippen MR) is 130 cm³/mol. The van der Waals surface area contributed by atoms with Crippen molar-refractivity contribution in [2.45, 2.75) is 13.5 Å². The molecule has 1 aliphatic rings. The van der Waals surface area contributed by atoms with Gasteiger partial charge in [0.15, 0.2) is 27.9 Å². The first kappa shape index (κ1) is 25.0. The van der Waals surface area contributed by atoms with Gasteiger partial charge >= 0.3 is 0 Å². The highest BCUT2D eigenvalue weighted by Crippen LogP contribution is 2.44. The number of hydrogen-bond acceptors (Lipinski definition) is 7. The zero-order chi connectivity index (χ0) is 25.0. The molecule has 0 fully saturated rings. The lowest BCUT2D eigenvalue weighted by atomic mass is 10.0. The van der Waals surface area contributed by atoms with Gasteiger partial charge in [0.2, 0.25) is 0 Å². The Morgan fingerprint density at radius 2 is 1.56 bits per heavy atom. The number of ether oxygens (including phenoxy) is 4. The van der Waals surface area contributed by atoms with Gasteiger partial charge in [0.25, 0.3) is 15.9 Å². The molecule has 1 amide bonds. The zero-order valence-electron chi connectivity index (χ0n) is 19.8. The summed E-state index contributed by atoms with van der Waals surface area (Å²) in [6.45, 7) is 5.33. The summed E-state index contributed by atoms with van der Waals surface area (Å²) in [4.78, 5) is 12.9. The summed E-state index contributed by atoms with van der Waals surface area (Å²) in [6, 6.07) is 8.43. The Morgan fingerprint density at radius 3 is 2.15 bits per heavy atom. The van der Waals surface area contributed by atoms with Crippen LogP contribution < -0.4 is 28.6 Å². The van der Waals surface area contributed by atoms with Crippen molar-refractivity contribution in [2.24, 2.45) is 0 Å². The summed E-state index contributed by atoms with van der Waals surface area (Å²) in [5, 5.41) is 2.71. The predicted octanol–water partition coefficient (Wildman–Crippen LogP) is 3.10. The van der Waals surface area contributed by atoms with Gasteiger partial charge < -0.3 is 24.3 Å². The first-order valence-electron chi connectivity index (χ1n) is 10.3. The zero-order valence-corrected chi connectivity index (χ0v) is 20.6. The molecule has 3 rings (SSSR count). The van der Waals surface area contributed by atoms with E-state index in [0.29, 0.717) is 45.4 Å². The molecule has 0 saturated carbocycles. The second kappa shape index (κ2) is 10.1. The van der Waals surface area contributed by atoms with Crippen LogP contribution >= 0.6 is 0 Å². The van der Waals surface area contributed by atoms with Gasteiger partial charge in [-0.15, -0.1) is 6.58 Å². The third-order valence-corrected chi connectivity index (χ3v) is 7.40. The molecule has 34 heavy (non-hydrogen) atoms. The summed E-state index contributed by atoms with van der Waals surface area (Å²) in [5.74, 6) is 1.12. The molecular formula is C24H28N2O7S. The van der Waals surface area contributed by atoms with Gasteiger partial charge in [0.05, 0.1) is 40.7 Å². The van der Waals surface area contributed by atoms with Crippen molar-refractivity contribution in [3.63, 3.8) is 0 Å². The van der Waals surface area contributed by atoms with Crippen LogP contribution in [0.15, 0.2) is 47.9 Å². The van der Waals surface area contributed by atoms with E-state index in [4.69, 9.17) is 18.9 Å². The SMILES string of the molecule is C=CCN1c2cc(OC)c(OC)cc2C(C)=C(C(=O)NCc2ccc(OC)c(OC)c2)S1(=O)=O. The van der Waals surface area contributed by atoms with Crippen molar-refractivity contribution in [3.05, 3.63) is 59.0 Å². The lowest BCUT2D eigenvalue weighted by Crippen LogP contribution is -2.41. The number of methoxy groups -OCH3 is 4. The average Bonchev–Trinajstić information content (AvgIpc) is 2.84. The number of amides is 1. The molecule has 1 heterocycles. The maximum absolute atomic E-state index is 13.5. The van der Waals surface area contributed by atoms with Gasteiger partial charge in [-0.25, -0.2) is 8.42 Å². The van der Waals surface area contributed by atoms with E-state index in [1.54, 1.807) is 37.3 Å². The van der Waals surface area contributed by atoms with Crippen LogP contribution in [0.3, 0.4) is 0 Å². The van der Waals surface area contributed by atoms with Crippen LogP contribution in [0.4, 0.5) is 5.69 Å². The minimum atomic E-state index is -4.17. The number of rotatable bonds is 9. The summed E-state index contributed by atoms with van der Waals surface area (Å²) < 4.78 is 49.4. The largest absolute Gasteiger partial charge is 0.493 e. The van der Waals surface area contributed by atoms with E-state index in [1.165, 1.54) is 34.5 Å². The number of fused-ring (bicyclic) bond motifs is 1. The number of benzene rings is 2. The number of sulfonamides is 1. The van der Waals surface area contributed by atoms with Crippen molar-refractivity contribution < 1.29 is 32.2 Å². The van der Waals surface area contributed by atoms with E-state index in [0.717, 1.165) is 4.31 Å². The molecule has 0 radical (unpaired) electrons. The maximum atomic E-state index is 13.5. The normalized spacial score (nSPS) is 14.2. The minimum absolute atomic E-state index is 0.0233. The molecule has 0 bridgehead atoms. The molecule has 1 aliphatic heterocycles. The van der Waals surface area contributed by atoms with Gasteiger partial charge in [-0.2, -0.15) is 0 Å². The van der Waals surface area contributed by atoms with Crippen LogP contribution in [0.5, 0.6) is 23.0 Å². The fraction of sp³-hybridized carbons (Fsp3) is 0.292. The first-order valence-corrected chi connectivity index (χ1v) is 11.8. The number of carbonyl (C=O) groups excluding carboxylic acids is 1. The molecule has 0 aromatic heterocycles. The number of carbonyl (C=O) groups is 1. The Bertz CT molecular complexity index is 1250. The summed E-state index contributed by atoms with van der Waals surface area (Å²) in [5.41, 5.74) is 1.95. The van der Waals surface area contributed by atoms with Crippen LogP contribution in [-0.2, 0) is 21.4 Å². The van der Waals surface area contributed by atoms with E-state index in [9.17, 15) is 13.2 Å². The van der Waals surface area contributed by atoms with Crippen molar-refractivity contribution in [1.82, 2.24) is 5.32 Å². The van der Waals surface area contributed by atoms with Gasteiger partial charge in [0, 0.05) is 18.2 Å². The smallest absolute Gasteiger partial charge is 0.270 e. The first-order chi connectivity index (χ1) is 16.2. The minimum Gasteiger partial charge on any atom is -0.493 e. The molecule has 2 aromatic rings. The second-order valence-electron chi connectivity index (χ2n) is 7.38. The molecule has 1 N–H and O–H groups in total. The van der Waals surface area contributed by atoms with Gasteiger partial charge in [-0.05, 0) is 36.3 Å². The van der Waals surface area contributed by atoms with Crippen LogP contribution in [0, 0.1) is 0 Å². The molecule has 182 valence electrons. The Labute approximate surface area is 199 Å². The number of nitrogens with zero attached hydrogens (tertiary/aromatic N) is 1. The summed E-state index contributed by atoms with van der Waals surface area (Å²) in [7, 11) is 1.82. The number of nitrogens with one attached hydrogen (secondary N) is 1. The Morgan fingerprint density at radius 1 is 0.971 bits per heavy atom. The van der Waals surface area contributed by atoms with Crippen molar-refractivity contribution >= 4 is 27.2 Å². The Kier molecular flexibility index (Phi) is 7.41. The Hall–Kier alpha value is -3.66. The monoisotopic (exact) mass is 488 g/mol. The fourth-order valence-electron chi connectivity index (χ4n) is 3.78. The highest BCUT2D eigenvalue weighted by atomic mass is 32.2. The highest BCUT2D eigenvalue weighted by molar-refractivity contribution is 7.97. The van der Waals surface area contributed by atoms with E-state index in [-0.39, 0.29) is 18.0 Å². The number of anilines is 1. The van der Waals surface area contributed by atoms with E-state index in [2.05, 4.69) is 11.9 Å². The summed E-state index contributed by atoms with van der Waals surface area (Å²) in [6.07, 6.45) is 1.46. The van der Waals surface area contributed by atoms with Crippen LogP contribution in [0.1, 0.15) is 18.1 Å². The quantitative estimate of drug-likeness (QED) is 0.541. The van der Waals surface area contributed by atoms with Crippen LogP contribution in [-0.4, -0.2) is 49.3 Å². The van der Waals surface area contributed by atoms with Crippen molar-refractivity contribution in [3.8, 4) is 23.0 Å². The average molecular weight is 489 g/mol. The second-order valence-corrected chi connectivity index (χ2v) is 9.17. The lowest BCUT2D eigenvalue weighted by molar-refractivity contribution is -0.117. The number of allylic oxidation sites excluding steroid dienone is 1. The molecule has 0 atom stereocenters. The van der Waals surface area contributed by atoms with Gasteiger partial charge in [-0.1, -0.05) is 12.1 Å². The molecule has 0 saturated heterocycles. The third kappa shape index (κ3) is 4.41. The molecule has 2 aromatic carbocycles. The standard InChI is InChI=1S/C24H28N2O7S/c1-7-10-26-18-13-22(33-6)21(32-5)12-17(18)15(2)23(34(26,28)29)24(27)25-14-16-8-9-19(30-3)20(11-16)31-4/h7-9,11-13H,1,10,14H2,2-6H3,(H,25,27).